The second-order valence-electron chi connectivity index (χ2n) is 4.25. The summed E-state index contributed by atoms with van der Waals surface area (Å²) in [6, 6.07) is 4.70. The van der Waals surface area contributed by atoms with Crippen LogP contribution in [0.3, 0.4) is 0 Å². The summed E-state index contributed by atoms with van der Waals surface area (Å²) < 4.78 is 0. The topological polar surface area (TPSA) is 79.3 Å². The normalized spacial score (nSPS) is 12.0. The molecule has 2 N–H and O–H groups in total. The van der Waals surface area contributed by atoms with Crippen LogP contribution in [0.15, 0.2) is 23.6 Å². The first-order chi connectivity index (χ1) is 9.86. The van der Waals surface area contributed by atoms with E-state index in [0.717, 1.165) is 11.3 Å². The monoisotopic (exact) mass is 344 g/mol. The summed E-state index contributed by atoms with van der Waals surface area (Å²) >= 11 is 12.8. The lowest BCUT2D eigenvalue weighted by Gasteiger charge is -2.10. The van der Waals surface area contributed by atoms with Gasteiger partial charge in [-0.1, -0.05) is 23.2 Å². The smallest absolute Gasteiger partial charge is 0.355 e. The van der Waals surface area contributed by atoms with Crippen LogP contribution in [-0.2, 0) is 4.79 Å². The zero-order valence-corrected chi connectivity index (χ0v) is 13.1. The van der Waals surface area contributed by atoms with Gasteiger partial charge in [0.15, 0.2) is 5.69 Å². The molecule has 0 aliphatic heterocycles. The quantitative estimate of drug-likeness (QED) is 0.881. The van der Waals surface area contributed by atoms with Crippen LogP contribution >= 0.6 is 34.5 Å². The van der Waals surface area contributed by atoms with E-state index in [1.54, 1.807) is 25.1 Å². The maximum Gasteiger partial charge on any atom is 0.355 e. The number of rotatable bonds is 4. The van der Waals surface area contributed by atoms with Crippen LogP contribution in [0.25, 0.3) is 0 Å². The lowest BCUT2D eigenvalue weighted by Crippen LogP contribution is -2.19. The van der Waals surface area contributed by atoms with Crippen LogP contribution in [0.4, 0.5) is 5.69 Å². The van der Waals surface area contributed by atoms with E-state index < -0.39 is 11.9 Å². The first-order valence-corrected chi connectivity index (χ1v) is 7.46. The van der Waals surface area contributed by atoms with Crippen LogP contribution in [0, 0.1) is 0 Å². The summed E-state index contributed by atoms with van der Waals surface area (Å²) in [6.45, 7) is 1.64. The minimum absolute atomic E-state index is 0.0690. The number of benzene rings is 1. The van der Waals surface area contributed by atoms with Gasteiger partial charge in [0.1, 0.15) is 5.01 Å². The lowest BCUT2D eigenvalue weighted by molar-refractivity contribution is -0.117. The Morgan fingerprint density at radius 3 is 2.43 bits per heavy atom. The van der Waals surface area contributed by atoms with Gasteiger partial charge in [-0.25, -0.2) is 9.78 Å². The van der Waals surface area contributed by atoms with Crippen molar-refractivity contribution in [3.05, 3.63) is 44.3 Å². The van der Waals surface area contributed by atoms with Gasteiger partial charge in [-0.2, -0.15) is 0 Å². The molecule has 0 fully saturated rings. The van der Waals surface area contributed by atoms with Crippen molar-refractivity contribution in [3.8, 4) is 0 Å². The van der Waals surface area contributed by atoms with E-state index in [-0.39, 0.29) is 11.6 Å². The van der Waals surface area contributed by atoms with Gasteiger partial charge in [0.05, 0.1) is 5.92 Å². The molecule has 0 saturated carbocycles. The fourth-order valence-electron chi connectivity index (χ4n) is 1.57. The molecular weight excluding hydrogens is 335 g/mol. The number of amides is 1. The highest BCUT2D eigenvalue weighted by Gasteiger charge is 2.20. The molecule has 0 unspecified atom stereocenters. The van der Waals surface area contributed by atoms with Crippen molar-refractivity contribution in [1.29, 1.82) is 0 Å². The fourth-order valence-corrected chi connectivity index (χ4v) is 2.95. The highest BCUT2D eigenvalue weighted by Crippen LogP contribution is 2.25. The fraction of sp³-hybridized carbons (Fsp3) is 0.154. The van der Waals surface area contributed by atoms with E-state index in [9.17, 15) is 9.59 Å². The lowest BCUT2D eigenvalue weighted by atomic mass is 10.1. The number of aromatic nitrogens is 1. The SMILES string of the molecule is C[C@@H](C(=O)Nc1cc(Cl)cc(Cl)c1)c1nc(C(=O)O)cs1. The molecule has 21 heavy (non-hydrogen) atoms. The second-order valence-corrected chi connectivity index (χ2v) is 6.01. The van der Waals surface area contributed by atoms with Crippen LogP contribution in [0.1, 0.15) is 28.3 Å². The third kappa shape index (κ3) is 3.93. The van der Waals surface area contributed by atoms with Gasteiger partial charge < -0.3 is 10.4 Å². The van der Waals surface area contributed by atoms with E-state index in [4.69, 9.17) is 28.3 Å². The number of thiazole rings is 1. The van der Waals surface area contributed by atoms with E-state index in [1.165, 1.54) is 5.38 Å². The highest BCUT2D eigenvalue weighted by atomic mass is 35.5. The minimum atomic E-state index is -1.12. The molecule has 2 aromatic rings. The number of nitrogens with one attached hydrogen (secondary N) is 1. The van der Waals surface area contributed by atoms with Crippen molar-refractivity contribution in [2.24, 2.45) is 0 Å². The Hall–Kier alpha value is -1.63. The molecule has 2 rings (SSSR count). The van der Waals surface area contributed by atoms with Gasteiger partial charge in [0.2, 0.25) is 5.91 Å². The third-order valence-electron chi connectivity index (χ3n) is 2.63. The summed E-state index contributed by atoms with van der Waals surface area (Å²) in [5.41, 5.74) is 0.403. The van der Waals surface area contributed by atoms with Crippen LogP contribution < -0.4 is 5.32 Å². The average molecular weight is 345 g/mol. The van der Waals surface area contributed by atoms with Gasteiger partial charge in [-0.3, -0.25) is 4.79 Å². The third-order valence-corrected chi connectivity index (χ3v) is 4.10. The largest absolute Gasteiger partial charge is 0.476 e. The van der Waals surface area contributed by atoms with E-state index in [2.05, 4.69) is 10.3 Å². The van der Waals surface area contributed by atoms with Crippen molar-refractivity contribution in [2.75, 3.05) is 5.32 Å². The maximum absolute atomic E-state index is 12.1. The number of nitrogens with zero attached hydrogens (tertiary/aromatic N) is 1. The molecule has 0 bridgehead atoms. The van der Waals surface area contributed by atoms with Crippen LogP contribution in [0.2, 0.25) is 10.0 Å². The Kier molecular flexibility index (Phi) is 4.82. The van der Waals surface area contributed by atoms with Gasteiger partial charge in [0, 0.05) is 21.1 Å². The summed E-state index contributed by atoms with van der Waals surface area (Å²) in [7, 11) is 0. The van der Waals surface area contributed by atoms with E-state index in [0.29, 0.717) is 20.7 Å². The standard InChI is InChI=1S/C13H10Cl2N2O3S/c1-6(12-17-10(5-21-12)13(19)20)11(18)16-9-3-7(14)2-8(15)4-9/h2-6H,1H3,(H,16,18)(H,19,20)/t6-/m0/s1. The molecular formula is C13H10Cl2N2O3S. The molecule has 1 atom stereocenters. The molecule has 0 radical (unpaired) electrons. The second kappa shape index (κ2) is 6.43. The number of halogens is 2. The zero-order valence-electron chi connectivity index (χ0n) is 10.8. The first kappa shape index (κ1) is 15.8. The van der Waals surface area contributed by atoms with Crippen molar-refractivity contribution >= 4 is 52.1 Å². The van der Waals surface area contributed by atoms with Crippen LogP contribution in [0.5, 0.6) is 0 Å². The molecule has 0 spiro atoms. The molecule has 0 saturated heterocycles. The highest BCUT2D eigenvalue weighted by molar-refractivity contribution is 7.10. The molecule has 1 heterocycles. The van der Waals surface area contributed by atoms with Gasteiger partial charge in [-0.05, 0) is 25.1 Å². The molecule has 8 heteroatoms. The number of aromatic carboxylic acids is 1. The summed E-state index contributed by atoms with van der Waals surface area (Å²) in [5.74, 6) is -2.02. The Labute approximate surface area is 134 Å². The van der Waals surface area contributed by atoms with Crippen molar-refractivity contribution < 1.29 is 14.7 Å². The number of carboxylic acids is 1. The van der Waals surface area contributed by atoms with Gasteiger partial charge in [0.25, 0.3) is 0 Å². The van der Waals surface area contributed by atoms with Crippen molar-refractivity contribution in [3.63, 3.8) is 0 Å². The number of hydrogen-bond donors (Lipinski definition) is 2. The Bertz CT molecular complexity index is 682. The molecule has 0 aliphatic carbocycles. The molecule has 110 valence electrons. The number of carboxylic acid groups (broad SMARTS) is 1. The summed E-state index contributed by atoms with van der Waals surface area (Å²) in [4.78, 5) is 26.8. The summed E-state index contributed by atoms with van der Waals surface area (Å²) in [6.07, 6.45) is 0. The Balaban J connectivity index is 2.13. The zero-order chi connectivity index (χ0) is 15.6. The Morgan fingerprint density at radius 1 is 1.29 bits per heavy atom. The van der Waals surface area contributed by atoms with Crippen molar-refractivity contribution in [1.82, 2.24) is 4.98 Å². The average Bonchev–Trinajstić information content (AvgIpc) is 2.86. The predicted molar refractivity (Wildman–Crippen MR) is 82.6 cm³/mol. The summed E-state index contributed by atoms with van der Waals surface area (Å²) in [5, 5.41) is 14.2. The number of carbonyl (C=O) groups is 2. The first-order valence-electron chi connectivity index (χ1n) is 5.82. The van der Waals surface area contributed by atoms with Crippen molar-refractivity contribution in [2.45, 2.75) is 12.8 Å². The number of anilines is 1. The van der Waals surface area contributed by atoms with Gasteiger partial charge >= 0.3 is 5.97 Å². The predicted octanol–water partition coefficient (Wildman–Crippen LogP) is 3.89. The van der Waals surface area contributed by atoms with Crippen LogP contribution in [-0.4, -0.2) is 22.0 Å². The number of hydrogen-bond acceptors (Lipinski definition) is 4. The molecule has 0 aliphatic rings. The molecule has 5 nitrogen and oxygen atoms in total. The number of carbonyl (C=O) groups excluding carboxylic acids is 1. The van der Waals surface area contributed by atoms with Gasteiger partial charge in [-0.15, -0.1) is 11.3 Å². The van der Waals surface area contributed by atoms with E-state index >= 15 is 0 Å². The van der Waals surface area contributed by atoms with E-state index in [1.807, 2.05) is 0 Å². The maximum atomic E-state index is 12.1. The Morgan fingerprint density at radius 2 is 1.90 bits per heavy atom. The molecule has 1 aromatic heterocycles. The molecule has 1 aromatic carbocycles. The minimum Gasteiger partial charge on any atom is -0.476 e. The molecule has 1 amide bonds.